The molecule has 0 saturated carbocycles. The Bertz CT molecular complexity index is 1280. The zero-order valence-corrected chi connectivity index (χ0v) is 15.8. The van der Waals surface area contributed by atoms with Crippen LogP contribution in [0.15, 0.2) is 34.1 Å². The van der Waals surface area contributed by atoms with E-state index in [1.807, 2.05) is 20.8 Å². The molecule has 144 valence electrons. The van der Waals surface area contributed by atoms with E-state index < -0.39 is 11.1 Å². The van der Waals surface area contributed by atoms with Crippen LogP contribution in [0.2, 0.25) is 0 Å². The molecule has 0 bridgehead atoms. The number of benzene rings is 1. The number of nitrogens with one attached hydrogen (secondary N) is 3. The van der Waals surface area contributed by atoms with Gasteiger partial charge in [-0.1, -0.05) is 32.9 Å². The average molecular weight is 380 g/mol. The van der Waals surface area contributed by atoms with E-state index in [0.29, 0.717) is 22.8 Å². The quantitative estimate of drug-likeness (QED) is 0.598. The molecule has 0 radical (unpaired) electrons. The van der Waals surface area contributed by atoms with Gasteiger partial charge in [0.05, 0.1) is 12.0 Å². The number of H-pyrrole nitrogens is 3. The molecule has 0 spiro atoms. The SMILES string of the molecule is CC(C)(C)c1[nH]cnc1C=c1[nH]c(=O)c(=Cc2cccc3c2OCO3)[nH]c1=O. The maximum atomic E-state index is 12.5. The molecule has 0 fully saturated rings. The van der Waals surface area contributed by atoms with Crippen LogP contribution in [0.4, 0.5) is 0 Å². The lowest BCUT2D eigenvalue weighted by atomic mass is 9.90. The highest BCUT2D eigenvalue weighted by Crippen LogP contribution is 2.35. The third-order valence-electron chi connectivity index (χ3n) is 4.41. The van der Waals surface area contributed by atoms with Crippen molar-refractivity contribution in [3.63, 3.8) is 0 Å². The second-order valence-corrected chi connectivity index (χ2v) is 7.52. The molecule has 4 rings (SSSR count). The van der Waals surface area contributed by atoms with Crippen molar-refractivity contribution in [3.05, 3.63) is 72.9 Å². The van der Waals surface area contributed by atoms with Gasteiger partial charge in [-0.05, 0) is 18.2 Å². The number of nitrogens with zero attached hydrogens (tertiary/aromatic N) is 1. The van der Waals surface area contributed by atoms with Crippen LogP contribution in [0.3, 0.4) is 0 Å². The van der Waals surface area contributed by atoms with Crippen molar-refractivity contribution in [1.82, 2.24) is 19.9 Å². The van der Waals surface area contributed by atoms with Crippen LogP contribution in [0.25, 0.3) is 12.2 Å². The Morgan fingerprint density at radius 1 is 1.04 bits per heavy atom. The predicted molar refractivity (Wildman–Crippen MR) is 104 cm³/mol. The number of hydrogen-bond donors (Lipinski definition) is 3. The smallest absolute Gasteiger partial charge is 0.272 e. The van der Waals surface area contributed by atoms with Crippen molar-refractivity contribution in [2.75, 3.05) is 6.79 Å². The highest BCUT2D eigenvalue weighted by Gasteiger charge is 2.19. The van der Waals surface area contributed by atoms with E-state index in [0.717, 1.165) is 5.69 Å². The lowest BCUT2D eigenvalue weighted by molar-refractivity contribution is 0.173. The summed E-state index contributed by atoms with van der Waals surface area (Å²) in [5, 5.41) is 0.266. The van der Waals surface area contributed by atoms with Gasteiger partial charge >= 0.3 is 0 Å². The average Bonchev–Trinajstić information content (AvgIpc) is 3.28. The summed E-state index contributed by atoms with van der Waals surface area (Å²) in [6, 6.07) is 5.35. The van der Waals surface area contributed by atoms with Crippen LogP contribution < -0.4 is 31.3 Å². The van der Waals surface area contributed by atoms with Crippen LogP contribution in [-0.4, -0.2) is 26.7 Å². The summed E-state index contributed by atoms with van der Waals surface area (Å²) in [6.07, 6.45) is 4.70. The molecule has 0 atom stereocenters. The minimum absolute atomic E-state index is 0.126. The molecule has 0 unspecified atom stereocenters. The zero-order chi connectivity index (χ0) is 19.9. The van der Waals surface area contributed by atoms with Crippen LogP contribution >= 0.6 is 0 Å². The number of hydrogen-bond acceptors (Lipinski definition) is 5. The minimum atomic E-state index is -0.421. The lowest BCUT2D eigenvalue weighted by Gasteiger charge is -2.16. The van der Waals surface area contributed by atoms with Gasteiger partial charge in [0.25, 0.3) is 11.1 Å². The molecule has 0 amide bonds. The molecule has 1 aromatic carbocycles. The van der Waals surface area contributed by atoms with Crippen LogP contribution in [0, 0.1) is 0 Å². The fraction of sp³-hybridized carbons (Fsp3) is 0.250. The van der Waals surface area contributed by atoms with E-state index in [-0.39, 0.29) is 22.9 Å². The fourth-order valence-corrected chi connectivity index (χ4v) is 3.07. The van der Waals surface area contributed by atoms with Gasteiger partial charge in [-0.3, -0.25) is 9.59 Å². The molecule has 3 N–H and O–H groups in total. The van der Waals surface area contributed by atoms with Gasteiger partial charge in [0.15, 0.2) is 11.5 Å². The Labute approximate surface area is 159 Å². The highest BCUT2D eigenvalue weighted by atomic mass is 16.7. The van der Waals surface area contributed by atoms with Gasteiger partial charge in [-0.2, -0.15) is 0 Å². The van der Waals surface area contributed by atoms with E-state index in [2.05, 4.69) is 19.9 Å². The zero-order valence-electron chi connectivity index (χ0n) is 15.8. The molecule has 3 heterocycles. The Morgan fingerprint density at radius 2 is 1.75 bits per heavy atom. The van der Waals surface area contributed by atoms with Gasteiger partial charge in [-0.25, -0.2) is 4.98 Å². The maximum Gasteiger partial charge on any atom is 0.272 e. The van der Waals surface area contributed by atoms with Gasteiger partial charge in [0, 0.05) is 16.7 Å². The van der Waals surface area contributed by atoms with E-state index in [4.69, 9.17) is 9.47 Å². The molecule has 0 aliphatic carbocycles. The van der Waals surface area contributed by atoms with Crippen molar-refractivity contribution in [1.29, 1.82) is 0 Å². The summed E-state index contributed by atoms with van der Waals surface area (Å²) in [4.78, 5) is 37.7. The van der Waals surface area contributed by atoms with Crippen molar-refractivity contribution >= 4 is 12.2 Å². The van der Waals surface area contributed by atoms with Crippen LogP contribution in [-0.2, 0) is 5.41 Å². The van der Waals surface area contributed by atoms with Gasteiger partial charge < -0.3 is 24.4 Å². The Hall–Kier alpha value is -3.55. The second-order valence-electron chi connectivity index (χ2n) is 7.52. The number of imidazole rings is 1. The summed E-state index contributed by atoms with van der Waals surface area (Å²) in [5.41, 5.74) is 1.11. The highest BCUT2D eigenvalue weighted by molar-refractivity contribution is 5.62. The van der Waals surface area contributed by atoms with E-state index in [1.165, 1.54) is 0 Å². The van der Waals surface area contributed by atoms with E-state index >= 15 is 0 Å². The number of aromatic nitrogens is 4. The van der Waals surface area contributed by atoms with Crippen molar-refractivity contribution in [2.24, 2.45) is 0 Å². The van der Waals surface area contributed by atoms with E-state index in [1.54, 1.807) is 36.7 Å². The minimum Gasteiger partial charge on any atom is -0.454 e. The molecular weight excluding hydrogens is 360 g/mol. The van der Waals surface area contributed by atoms with Crippen molar-refractivity contribution in [2.45, 2.75) is 26.2 Å². The second kappa shape index (κ2) is 6.56. The number of para-hydroxylation sites is 1. The Kier molecular flexibility index (Phi) is 4.18. The maximum absolute atomic E-state index is 12.5. The first-order valence-corrected chi connectivity index (χ1v) is 8.81. The van der Waals surface area contributed by atoms with Crippen molar-refractivity contribution < 1.29 is 9.47 Å². The first-order valence-electron chi connectivity index (χ1n) is 8.81. The number of rotatable bonds is 2. The molecule has 8 nitrogen and oxygen atoms in total. The first-order chi connectivity index (χ1) is 13.3. The first kappa shape index (κ1) is 17.8. The number of ether oxygens (including phenoxy) is 2. The summed E-state index contributed by atoms with van der Waals surface area (Å²) < 4.78 is 10.8. The monoisotopic (exact) mass is 380 g/mol. The summed E-state index contributed by atoms with van der Waals surface area (Å²) in [6.45, 7) is 6.23. The lowest BCUT2D eigenvalue weighted by Crippen LogP contribution is -2.46. The largest absolute Gasteiger partial charge is 0.454 e. The van der Waals surface area contributed by atoms with Gasteiger partial charge in [0.1, 0.15) is 10.7 Å². The molecular formula is C20H20N4O4. The molecule has 1 aliphatic heterocycles. The molecule has 0 saturated heterocycles. The third-order valence-corrected chi connectivity index (χ3v) is 4.41. The topological polar surface area (TPSA) is 113 Å². The molecule has 8 heteroatoms. The predicted octanol–water partition coefficient (Wildman–Crippen LogP) is 0.470. The van der Waals surface area contributed by atoms with Crippen LogP contribution in [0.5, 0.6) is 11.5 Å². The standard InChI is InChI=1S/C20H20N4O4/c1-20(2,3)17-12(21-9-22-17)8-14-19(26)23-13(18(25)24-14)7-11-5-4-6-15-16(11)28-10-27-15/h4-9H,10H2,1-3H3,(H,21,22)(H,23,26)(H,24,25). The normalized spacial score (nSPS) is 14.7. The molecule has 28 heavy (non-hydrogen) atoms. The summed E-state index contributed by atoms with van der Waals surface area (Å²) in [7, 11) is 0. The Morgan fingerprint density at radius 3 is 2.46 bits per heavy atom. The molecule has 3 aromatic rings. The molecule has 2 aromatic heterocycles. The van der Waals surface area contributed by atoms with Crippen molar-refractivity contribution in [3.8, 4) is 11.5 Å². The fourth-order valence-electron chi connectivity index (χ4n) is 3.07. The summed E-state index contributed by atoms with van der Waals surface area (Å²) in [5.74, 6) is 1.15. The van der Waals surface area contributed by atoms with Crippen LogP contribution in [0.1, 0.15) is 37.7 Å². The van der Waals surface area contributed by atoms with Gasteiger partial charge in [-0.15, -0.1) is 0 Å². The van der Waals surface area contributed by atoms with Gasteiger partial charge in [0.2, 0.25) is 6.79 Å². The number of aromatic amines is 3. The van der Waals surface area contributed by atoms with E-state index in [9.17, 15) is 9.59 Å². The Balaban J connectivity index is 1.83. The molecule has 1 aliphatic rings. The number of fused-ring (bicyclic) bond motifs is 1. The summed E-state index contributed by atoms with van der Waals surface area (Å²) >= 11 is 0. The third kappa shape index (κ3) is 3.24.